The van der Waals surface area contributed by atoms with Gasteiger partial charge in [0, 0.05) is 6.04 Å². The number of hydrogen-bond acceptors (Lipinski definition) is 2. The zero-order valence-corrected chi connectivity index (χ0v) is 14.2. The fourth-order valence-electron chi connectivity index (χ4n) is 3.30. The van der Waals surface area contributed by atoms with Crippen LogP contribution in [0.4, 0.5) is 0 Å². The molecule has 0 aromatic heterocycles. The van der Waals surface area contributed by atoms with Crippen LogP contribution in [-0.4, -0.2) is 19.7 Å². The van der Waals surface area contributed by atoms with Gasteiger partial charge in [-0.05, 0) is 58.9 Å². The summed E-state index contributed by atoms with van der Waals surface area (Å²) in [6.07, 6.45) is 8.13. The zero-order chi connectivity index (χ0) is 14.4. The summed E-state index contributed by atoms with van der Waals surface area (Å²) < 4.78 is 6.35. The number of likely N-dealkylation sites (N-methyl/N-ethyl adjacent to an activating group) is 1. The molecule has 0 bridgehead atoms. The summed E-state index contributed by atoms with van der Waals surface area (Å²) in [6, 6.07) is 7.03. The largest absolute Gasteiger partial charge is 0.496 e. The molecule has 1 aromatic rings. The van der Waals surface area contributed by atoms with Gasteiger partial charge in [-0.1, -0.05) is 38.7 Å². The number of halogens is 1. The summed E-state index contributed by atoms with van der Waals surface area (Å²) in [5.74, 6) is 1.84. The molecule has 112 valence electrons. The van der Waals surface area contributed by atoms with Crippen LogP contribution >= 0.6 is 15.9 Å². The standard InChI is InChI=1S/C17H26BrNO/c1-3-19-15(10-13-6-4-5-7-13)11-14-8-9-17(20-2)16(18)12-14/h8-9,12-13,15,19H,3-7,10-11H2,1-2H3. The number of nitrogens with one attached hydrogen (secondary N) is 1. The normalized spacial score (nSPS) is 17.4. The molecule has 1 unspecified atom stereocenters. The lowest BCUT2D eigenvalue weighted by Gasteiger charge is -2.22. The number of methoxy groups -OCH3 is 1. The molecule has 0 spiro atoms. The minimum Gasteiger partial charge on any atom is -0.496 e. The topological polar surface area (TPSA) is 21.3 Å². The molecule has 1 N–H and O–H groups in total. The van der Waals surface area contributed by atoms with Crippen LogP contribution < -0.4 is 10.1 Å². The van der Waals surface area contributed by atoms with Crippen molar-refractivity contribution in [2.24, 2.45) is 5.92 Å². The van der Waals surface area contributed by atoms with Gasteiger partial charge in [-0.15, -0.1) is 0 Å². The Hall–Kier alpha value is -0.540. The van der Waals surface area contributed by atoms with Gasteiger partial charge in [-0.25, -0.2) is 0 Å². The first-order valence-electron chi connectivity index (χ1n) is 7.78. The average Bonchev–Trinajstić information content (AvgIpc) is 2.92. The summed E-state index contributed by atoms with van der Waals surface area (Å²) in [5.41, 5.74) is 1.38. The van der Waals surface area contributed by atoms with Gasteiger partial charge in [0.25, 0.3) is 0 Å². The van der Waals surface area contributed by atoms with Crippen molar-refractivity contribution in [3.63, 3.8) is 0 Å². The van der Waals surface area contributed by atoms with Gasteiger partial charge in [0.05, 0.1) is 11.6 Å². The maximum atomic E-state index is 5.30. The van der Waals surface area contributed by atoms with Gasteiger partial charge in [0.1, 0.15) is 5.75 Å². The fourth-order valence-corrected chi connectivity index (χ4v) is 3.89. The van der Waals surface area contributed by atoms with Gasteiger partial charge < -0.3 is 10.1 Å². The molecule has 2 rings (SSSR count). The van der Waals surface area contributed by atoms with E-state index in [0.29, 0.717) is 6.04 Å². The smallest absolute Gasteiger partial charge is 0.133 e. The van der Waals surface area contributed by atoms with E-state index in [4.69, 9.17) is 4.74 Å². The van der Waals surface area contributed by atoms with E-state index in [1.807, 2.05) is 0 Å². The zero-order valence-electron chi connectivity index (χ0n) is 12.6. The fraction of sp³-hybridized carbons (Fsp3) is 0.647. The average molecular weight is 340 g/mol. The highest BCUT2D eigenvalue weighted by molar-refractivity contribution is 9.10. The van der Waals surface area contributed by atoms with Crippen LogP contribution in [0.5, 0.6) is 5.75 Å². The van der Waals surface area contributed by atoms with Crippen molar-refractivity contribution >= 4 is 15.9 Å². The molecule has 1 fully saturated rings. The van der Waals surface area contributed by atoms with Gasteiger partial charge in [0.2, 0.25) is 0 Å². The quantitative estimate of drug-likeness (QED) is 0.786. The first kappa shape index (κ1) is 15.8. The molecule has 0 heterocycles. The Morgan fingerprint density at radius 1 is 1.35 bits per heavy atom. The van der Waals surface area contributed by atoms with E-state index in [1.54, 1.807) is 7.11 Å². The molecular formula is C17H26BrNO. The van der Waals surface area contributed by atoms with E-state index >= 15 is 0 Å². The minimum absolute atomic E-state index is 0.600. The molecular weight excluding hydrogens is 314 g/mol. The molecule has 0 saturated heterocycles. The second kappa shape index (κ2) is 8.04. The summed E-state index contributed by atoms with van der Waals surface area (Å²) in [4.78, 5) is 0. The maximum absolute atomic E-state index is 5.30. The van der Waals surface area contributed by atoms with Crippen LogP contribution in [0.25, 0.3) is 0 Å². The lowest BCUT2D eigenvalue weighted by Crippen LogP contribution is -2.32. The van der Waals surface area contributed by atoms with Gasteiger partial charge in [-0.3, -0.25) is 0 Å². The lowest BCUT2D eigenvalue weighted by molar-refractivity contribution is 0.389. The van der Waals surface area contributed by atoms with Crippen molar-refractivity contribution in [1.82, 2.24) is 5.32 Å². The Labute approximate surface area is 131 Å². The Balaban J connectivity index is 1.97. The second-order valence-corrected chi connectivity index (χ2v) is 6.67. The highest BCUT2D eigenvalue weighted by Gasteiger charge is 2.20. The van der Waals surface area contributed by atoms with Crippen LogP contribution in [0.3, 0.4) is 0 Å². The molecule has 2 nitrogen and oxygen atoms in total. The third-order valence-electron chi connectivity index (χ3n) is 4.28. The Morgan fingerprint density at radius 2 is 2.10 bits per heavy atom. The van der Waals surface area contributed by atoms with Gasteiger partial charge in [0.15, 0.2) is 0 Å². The van der Waals surface area contributed by atoms with Crippen molar-refractivity contribution in [2.45, 2.75) is 51.5 Å². The van der Waals surface area contributed by atoms with Crippen molar-refractivity contribution in [2.75, 3.05) is 13.7 Å². The Kier molecular flexibility index (Phi) is 6.37. The molecule has 20 heavy (non-hydrogen) atoms. The molecule has 0 aliphatic heterocycles. The minimum atomic E-state index is 0.600. The highest BCUT2D eigenvalue weighted by Crippen LogP contribution is 2.30. The SMILES string of the molecule is CCNC(Cc1ccc(OC)c(Br)c1)CC1CCCC1. The van der Waals surface area contributed by atoms with Crippen molar-refractivity contribution in [3.8, 4) is 5.75 Å². The molecule has 1 atom stereocenters. The number of ether oxygens (including phenoxy) is 1. The Bertz CT molecular complexity index is 415. The molecule has 1 saturated carbocycles. The van der Waals surface area contributed by atoms with Crippen LogP contribution in [0.2, 0.25) is 0 Å². The van der Waals surface area contributed by atoms with Crippen LogP contribution in [0.15, 0.2) is 22.7 Å². The summed E-state index contributed by atoms with van der Waals surface area (Å²) in [7, 11) is 1.71. The van der Waals surface area contributed by atoms with Crippen molar-refractivity contribution < 1.29 is 4.74 Å². The first-order valence-corrected chi connectivity index (χ1v) is 8.58. The van der Waals surface area contributed by atoms with Gasteiger partial charge in [-0.2, -0.15) is 0 Å². The van der Waals surface area contributed by atoms with E-state index in [1.165, 1.54) is 37.7 Å². The van der Waals surface area contributed by atoms with E-state index in [9.17, 15) is 0 Å². The Morgan fingerprint density at radius 3 is 2.70 bits per heavy atom. The van der Waals surface area contributed by atoms with Gasteiger partial charge >= 0.3 is 0 Å². The predicted molar refractivity (Wildman–Crippen MR) is 88.4 cm³/mol. The van der Waals surface area contributed by atoms with Crippen molar-refractivity contribution in [1.29, 1.82) is 0 Å². The molecule has 0 radical (unpaired) electrons. The maximum Gasteiger partial charge on any atom is 0.133 e. The highest BCUT2D eigenvalue weighted by atomic mass is 79.9. The molecule has 1 aromatic carbocycles. The number of benzene rings is 1. The summed E-state index contributed by atoms with van der Waals surface area (Å²) in [5, 5.41) is 3.66. The third kappa shape index (κ3) is 4.49. The number of rotatable bonds is 7. The molecule has 1 aliphatic rings. The van der Waals surface area contributed by atoms with Crippen LogP contribution in [-0.2, 0) is 6.42 Å². The molecule has 3 heteroatoms. The van der Waals surface area contributed by atoms with Crippen molar-refractivity contribution in [3.05, 3.63) is 28.2 Å². The van der Waals surface area contributed by atoms with E-state index in [0.717, 1.165) is 29.1 Å². The van der Waals surface area contributed by atoms with E-state index < -0.39 is 0 Å². The predicted octanol–water partition coefficient (Wildman–Crippen LogP) is 4.56. The summed E-state index contributed by atoms with van der Waals surface area (Å²) >= 11 is 3.58. The first-order chi connectivity index (χ1) is 9.72. The monoisotopic (exact) mass is 339 g/mol. The number of hydrogen-bond donors (Lipinski definition) is 1. The lowest BCUT2D eigenvalue weighted by atomic mass is 9.94. The van der Waals surface area contributed by atoms with Crippen LogP contribution in [0, 0.1) is 5.92 Å². The van der Waals surface area contributed by atoms with E-state index in [-0.39, 0.29) is 0 Å². The second-order valence-electron chi connectivity index (χ2n) is 5.81. The molecule has 1 aliphatic carbocycles. The van der Waals surface area contributed by atoms with E-state index in [2.05, 4.69) is 46.4 Å². The molecule has 0 amide bonds. The third-order valence-corrected chi connectivity index (χ3v) is 4.90. The van der Waals surface area contributed by atoms with Crippen LogP contribution in [0.1, 0.15) is 44.6 Å². The summed E-state index contributed by atoms with van der Waals surface area (Å²) in [6.45, 7) is 3.25.